The molecule has 1 aromatic heterocycles. The van der Waals surface area contributed by atoms with Crippen LogP contribution in [0.1, 0.15) is 17.3 Å². The van der Waals surface area contributed by atoms with Gasteiger partial charge in [0.05, 0.1) is 35.3 Å². The van der Waals surface area contributed by atoms with Crippen molar-refractivity contribution in [2.75, 3.05) is 19.0 Å². The quantitative estimate of drug-likeness (QED) is 0.591. The third-order valence-corrected chi connectivity index (χ3v) is 4.60. The van der Waals surface area contributed by atoms with Gasteiger partial charge in [-0.2, -0.15) is 5.10 Å². The monoisotopic (exact) mass is 432 g/mol. The van der Waals surface area contributed by atoms with Crippen LogP contribution in [0.5, 0.6) is 11.5 Å². The van der Waals surface area contributed by atoms with E-state index in [0.29, 0.717) is 33.5 Å². The molecule has 0 aliphatic carbocycles. The molecule has 0 aliphatic rings. The van der Waals surface area contributed by atoms with E-state index in [0.717, 1.165) is 6.07 Å². The van der Waals surface area contributed by atoms with Gasteiger partial charge in [-0.25, -0.2) is 4.39 Å². The predicted octanol–water partition coefficient (Wildman–Crippen LogP) is 3.87. The van der Waals surface area contributed by atoms with E-state index in [9.17, 15) is 9.18 Å². The summed E-state index contributed by atoms with van der Waals surface area (Å²) in [5.41, 5.74) is 7.30. The first-order chi connectivity index (χ1) is 14.3. The van der Waals surface area contributed by atoms with Gasteiger partial charge < -0.3 is 20.5 Å². The van der Waals surface area contributed by atoms with Crippen LogP contribution in [0.15, 0.2) is 42.6 Å². The summed E-state index contributed by atoms with van der Waals surface area (Å²) in [6.45, 7) is 2.00. The fraction of sp³-hybridized carbons (Fsp3) is 0.238. The number of para-hydroxylation sites is 1. The van der Waals surface area contributed by atoms with Gasteiger partial charge in [0.1, 0.15) is 18.2 Å². The van der Waals surface area contributed by atoms with E-state index >= 15 is 0 Å². The Bertz CT molecular complexity index is 1050. The number of nitrogens with zero attached hydrogens (tertiary/aromatic N) is 2. The molecular formula is C21H22ClFN4O3. The second kappa shape index (κ2) is 9.15. The molecule has 158 valence electrons. The van der Waals surface area contributed by atoms with Gasteiger partial charge in [0.15, 0.2) is 5.75 Å². The largest absolute Gasteiger partial charge is 0.497 e. The van der Waals surface area contributed by atoms with Crippen molar-refractivity contribution in [3.8, 4) is 22.8 Å². The van der Waals surface area contributed by atoms with E-state index in [1.54, 1.807) is 36.9 Å². The topological polar surface area (TPSA) is 91.4 Å². The van der Waals surface area contributed by atoms with Gasteiger partial charge in [-0.05, 0) is 31.2 Å². The lowest BCUT2D eigenvalue weighted by atomic mass is 10.1. The van der Waals surface area contributed by atoms with Crippen LogP contribution in [0.3, 0.4) is 0 Å². The van der Waals surface area contributed by atoms with Gasteiger partial charge in [-0.15, -0.1) is 0 Å². The predicted molar refractivity (Wildman–Crippen MR) is 114 cm³/mol. The standard InChI is InChI=1S/C21H22ClFN4O3/c1-12(24)11-30-20-15(19-16(22)10-25-27(19)2)5-4-6-18(20)26-21(28)14-8-7-13(29-3)9-17(14)23/h4-10,12H,11,24H2,1-3H3,(H,26,28)/t12-/m1/s1. The number of carbonyl (C=O) groups is 1. The van der Waals surface area contributed by atoms with Crippen molar-refractivity contribution in [2.45, 2.75) is 13.0 Å². The lowest BCUT2D eigenvalue weighted by molar-refractivity contribution is 0.102. The van der Waals surface area contributed by atoms with Crippen LogP contribution in [-0.2, 0) is 7.05 Å². The maximum Gasteiger partial charge on any atom is 0.258 e. The maximum atomic E-state index is 14.3. The Hall–Kier alpha value is -3.10. The van der Waals surface area contributed by atoms with Gasteiger partial charge in [-0.1, -0.05) is 17.7 Å². The minimum Gasteiger partial charge on any atom is -0.497 e. The second-order valence-corrected chi connectivity index (χ2v) is 7.14. The third kappa shape index (κ3) is 4.55. The first kappa shape index (κ1) is 21.6. The summed E-state index contributed by atoms with van der Waals surface area (Å²) in [4.78, 5) is 12.7. The SMILES string of the molecule is COc1ccc(C(=O)Nc2cccc(-c3c(Cl)cnn3C)c2OC[C@@H](C)N)c(F)c1. The summed E-state index contributed by atoms with van der Waals surface area (Å²) in [5, 5.41) is 7.29. The first-order valence-electron chi connectivity index (χ1n) is 9.16. The molecule has 0 bridgehead atoms. The van der Waals surface area contributed by atoms with Crippen molar-refractivity contribution < 1.29 is 18.7 Å². The van der Waals surface area contributed by atoms with E-state index in [1.165, 1.54) is 25.4 Å². The van der Waals surface area contributed by atoms with E-state index < -0.39 is 11.7 Å². The van der Waals surface area contributed by atoms with Crippen molar-refractivity contribution in [3.05, 3.63) is 59.0 Å². The van der Waals surface area contributed by atoms with Crippen LogP contribution in [0, 0.1) is 5.82 Å². The second-order valence-electron chi connectivity index (χ2n) is 6.74. The Labute approximate surface area is 178 Å². The first-order valence-corrected chi connectivity index (χ1v) is 9.53. The molecule has 0 saturated carbocycles. The zero-order chi connectivity index (χ0) is 21.8. The summed E-state index contributed by atoms with van der Waals surface area (Å²) in [5.74, 6) is -0.648. The number of rotatable bonds is 7. The van der Waals surface area contributed by atoms with Crippen molar-refractivity contribution in [1.29, 1.82) is 0 Å². The molecule has 9 heteroatoms. The molecule has 1 amide bonds. The molecule has 7 nitrogen and oxygen atoms in total. The normalized spacial score (nSPS) is 11.8. The number of ether oxygens (including phenoxy) is 2. The van der Waals surface area contributed by atoms with Crippen LogP contribution >= 0.6 is 11.6 Å². The third-order valence-electron chi connectivity index (χ3n) is 4.32. The number of aromatic nitrogens is 2. The molecule has 1 heterocycles. The average Bonchev–Trinajstić information content (AvgIpc) is 3.04. The number of halogens is 2. The van der Waals surface area contributed by atoms with E-state index in [2.05, 4.69) is 10.4 Å². The number of amides is 1. The Morgan fingerprint density at radius 2 is 2.13 bits per heavy atom. The zero-order valence-corrected chi connectivity index (χ0v) is 17.5. The number of aryl methyl sites for hydroxylation is 1. The molecule has 3 rings (SSSR count). The molecule has 0 radical (unpaired) electrons. The number of methoxy groups -OCH3 is 1. The number of nitrogens with one attached hydrogen (secondary N) is 1. The maximum absolute atomic E-state index is 14.3. The average molecular weight is 433 g/mol. The van der Waals surface area contributed by atoms with Crippen LogP contribution in [0.2, 0.25) is 5.02 Å². The molecule has 3 aromatic rings. The van der Waals surface area contributed by atoms with E-state index in [4.69, 9.17) is 26.8 Å². The van der Waals surface area contributed by atoms with E-state index in [1.807, 2.05) is 0 Å². The van der Waals surface area contributed by atoms with Crippen molar-refractivity contribution in [3.63, 3.8) is 0 Å². The molecule has 0 spiro atoms. The van der Waals surface area contributed by atoms with Crippen LogP contribution in [0.4, 0.5) is 10.1 Å². The van der Waals surface area contributed by atoms with Crippen molar-refractivity contribution in [2.24, 2.45) is 12.8 Å². The fourth-order valence-electron chi connectivity index (χ4n) is 2.90. The fourth-order valence-corrected chi connectivity index (χ4v) is 3.17. The zero-order valence-electron chi connectivity index (χ0n) is 16.8. The number of nitrogens with two attached hydrogens (primary N) is 1. The molecule has 0 fully saturated rings. The summed E-state index contributed by atoms with van der Waals surface area (Å²) < 4.78 is 26.8. The molecule has 1 atom stereocenters. The highest BCUT2D eigenvalue weighted by molar-refractivity contribution is 6.33. The number of hydrogen-bond donors (Lipinski definition) is 2. The molecule has 3 N–H and O–H groups in total. The number of anilines is 1. The Morgan fingerprint density at radius 3 is 2.73 bits per heavy atom. The van der Waals surface area contributed by atoms with Gasteiger partial charge in [0.2, 0.25) is 0 Å². The Kier molecular flexibility index (Phi) is 6.59. The minimum atomic E-state index is -0.698. The lowest BCUT2D eigenvalue weighted by Gasteiger charge is -2.18. The summed E-state index contributed by atoms with van der Waals surface area (Å²) in [7, 11) is 3.17. The summed E-state index contributed by atoms with van der Waals surface area (Å²) >= 11 is 6.31. The molecule has 2 aromatic carbocycles. The van der Waals surface area contributed by atoms with Gasteiger partial charge >= 0.3 is 0 Å². The highest BCUT2D eigenvalue weighted by Crippen LogP contribution is 2.39. The molecule has 30 heavy (non-hydrogen) atoms. The Balaban J connectivity index is 2.01. The molecule has 0 aliphatic heterocycles. The van der Waals surface area contributed by atoms with E-state index in [-0.39, 0.29) is 18.2 Å². The summed E-state index contributed by atoms with van der Waals surface area (Å²) in [6.07, 6.45) is 1.52. The van der Waals surface area contributed by atoms with Crippen LogP contribution < -0.4 is 20.5 Å². The highest BCUT2D eigenvalue weighted by Gasteiger charge is 2.21. The molecule has 0 saturated heterocycles. The van der Waals surface area contributed by atoms with Crippen molar-refractivity contribution >= 4 is 23.2 Å². The van der Waals surface area contributed by atoms with Gasteiger partial charge in [0, 0.05) is 24.7 Å². The van der Waals surface area contributed by atoms with Crippen LogP contribution in [0.25, 0.3) is 11.3 Å². The molecule has 0 unspecified atom stereocenters. The smallest absolute Gasteiger partial charge is 0.258 e. The molecular weight excluding hydrogens is 411 g/mol. The highest BCUT2D eigenvalue weighted by atomic mass is 35.5. The minimum absolute atomic E-state index is 0.127. The van der Waals surface area contributed by atoms with Crippen LogP contribution in [-0.4, -0.2) is 35.4 Å². The number of benzene rings is 2. The lowest BCUT2D eigenvalue weighted by Crippen LogP contribution is -2.24. The number of carbonyl (C=O) groups excluding carboxylic acids is 1. The Morgan fingerprint density at radius 1 is 1.37 bits per heavy atom. The van der Waals surface area contributed by atoms with Crippen molar-refractivity contribution in [1.82, 2.24) is 9.78 Å². The summed E-state index contributed by atoms with van der Waals surface area (Å²) in [6, 6.07) is 8.95. The van der Waals surface area contributed by atoms with Gasteiger partial charge in [-0.3, -0.25) is 9.48 Å². The number of hydrogen-bond acceptors (Lipinski definition) is 5. The van der Waals surface area contributed by atoms with Gasteiger partial charge in [0.25, 0.3) is 5.91 Å².